The molecule has 0 aromatic heterocycles. The highest BCUT2D eigenvalue weighted by molar-refractivity contribution is 7.99. The van der Waals surface area contributed by atoms with Gasteiger partial charge in [0.15, 0.2) is 0 Å². The van der Waals surface area contributed by atoms with Gasteiger partial charge in [-0.2, -0.15) is 0 Å². The second kappa shape index (κ2) is 6.37. The monoisotopic (exact) mass is 299 g/mol. The van der Waals surface area contributed by atoms with E-state index in [4.69, 9.17) is 17.3 Å². The van der Waals surface area contributed by atoms with Crippen LogP contribution in [0.2, 0.25) is 5.02 Å². The minimum absolute atomic E-state index is 0.425. The van der Waals surface area contributed by atoms with E-state index in [1.807, 2.05) is 12.1 Å². The van der Waals surface area contributed by atoms with Gasteiger partial charge in [0.25, 0.3) is 0 Å². The van der Waals surface area contributed by atoms with Crippen LogP contribution in [0, 0.1) is 11.6 Å². The molecule has 0 aliphatic heterocycles. The van der Waals surface area contributed by atoms with Gasteiger partial charge in [-0.05, 0) is 42.0 Å². The lowest BCUT2D eigenvalue weighted by molar-refractivity contribution is 0.576. The molecule has 1 unspecified atom stereocenters. The first-order chi connectivity index (χ1) is 9.04. The molecule has 0 fully saturated rings. The lowest BCUT2D eigenvalue weighted by Crippen LogP contribution is -2.13. The van der Waals surface area contributed by atoms with E-state index >= 15 is 0 Å². The molecule has 19 heavy (non-hydrogen) atoms. The maximum atomic E-state index is 13.1. The molecule has 0 aliphatic carbocycles. The first-order valence-corrected chi connectivity index (χ1v) is 7.01. The van der Waals surface area contributed by atoms with Gasteiger partial charge >= 0.3 is 0 Å². The fourth-order valence-electron chi connectivity index (χ4n) is 1.60. The fraction of sp³-hybridized carbons (Fsp3) is 0.143. The Morgan fingerprint density at radius 1 is 1.05 bits per heavy atom. The molecule has 1 atom stereocenters. The van der Waals surface area contributed by atoms with E-state index in [1.165, 1.54) is 23.9 Å². The van der Waals surface area contributed by atoms with Crippen LogP contribution in [0.15, 0.2) is 47.4 Å². The van der Waals surface area contributed by atoms with E-state index in [0.29, 0.717) is 16.3 Å². The summed E-state index contributed by atoms with van der Waals surface area (Å²) in [6.07, 6.45) is 0. The van der Waals surface area contributed by atoms with Crippen molar-refractivity contribution < 1.29 is 8.78 Å². The molecule has 0 radical (unpaired) electrons. The minimum Gasteiger partial charge on any atom is -0.323 e. The average Bonchev–Trinajstić information content (AvgIpc) is 2.36. The van der Waals surface area contributed by atoms with E-state index in [0.717, 1.165) is 11.0 Å². The molecule has 0 bridgehead atoms. The number of rotatable bonds is 4. The molecule has 2 rings (SSSR count). The molecule has 100 valence electrons. The second-order valence-corrected chi connectivity index (χ2v) is 5.60. The zero-order valence-corrected chi connectivity index (χ0v) is 11.5. The van der Waals surface area contributed by atoms with E-state index in [1.54, 1.807) is 12.1 Å². The maximum absolute atomic E-state index is 13.1. The summed E-state index contributed by atoms with van der Waals surface area (Å²) in [4.78, 5) is 1.01. The van der Waals surface area contributed by atoms with Crippen LogP contribution in [-0.4, -0.2) is 5.75 Å². The smallest absolute Gasteiger partial charge is 0.126 e. The van der Waals surface area contributed by atoms with Crippen LogP contribution in [0.1, 0.15) is 11.6 Å². The number of halogens is 3. The van der Waals surface area contributed by atoms with Crippen molar-refractivity contribution in [2.75, 3.05) is 5.75 Å². The van der Waals surface area contributed by atoms with Crippen molar-refractivity contribution in [3.63, 3.8) is 0 Å². The lowest BCUT2D eigenvalue weighted by Gasteiger charge is -2.12. The third kappa shape index (κ3) is 4.20. The SMILES string of the molecule is NC(CSc1ccc(Cl)cc1)c1cc(F)cc(F)c1. The van der Waals surface area contributed by atoms with E-state index in [-0.39, 0.29) is 0 Å². The molecular formula is C14H12ClF2NS. The standard InChI is InChI=1S/C14H12ClF2NS/c15-10-1-3-13(4-2-10)19-8-14(18)9-5-11(16)7-12(17)6-9/h1-7,14H,8,18H2. The highest BCUT2D eigenvalue weighted by Crippen LogP contribution is 2.25. The quantitative estimate of drug-likeness (QED) is 0.846. The van der Waals surface area contributed by atoms with Crippen LogP contribution >= 0.6 is 23.4 Å². The number of benzene rings is 2. The van der Waals surface area contributed by atoms with Gasteiger partial charge in [-0.15, -0.1) is 11.8 Å². The zero-order valence-electron chi connectivity index (χ0n) is 9.95. The Labute approximate surface area is 119 Å². The van der Waals surface area contributed by atoms with Crippen molar-refractivity contribution in [1.82, 2.24) is 0 Å². The molecule has 2 aromatic carbocycles. The summed E-state index contributed by atoms with van der Waals surface area (Å²) in [6.45, 7) is 0. The van der Waals surface area contributed by atoms with Crippen molar-refractivity contribution in [3.05, 3.63) is 64.7 Å². The molecule has 2 aromatic rings. The molecule has 0 aliphatic rings. The summed E-state index contributed by atoms with van der Waals surface area (Å²) in [7, 11) is 0. The van der Waals surface area contributed by atoms with Crippen molar-refractivity contribution in [2.45, 2.75) is 10.9 Å². The predicted molar refractivity (Wildman–Crippen MR) is 75.5 cm³/mol. The molecule has 0 spiro atoms. The summed E-state index contributed by atoms with van der Waals surface area (Å²) in [5, 5.41) is 0.667. The molecular weight excluding hydrogens is 288 g/mol. The normalized spacial score (nSPS) is 12.4. The summed E-state index contributed by atoms with van der Waals surface area (Å²) in [6, 6.07) is 10.3. The highest BCUT2D eigenvalue weighted by atomic mass is 35.5. The van der Waals surface area contributed by atoms with Crippen LogP contribution in [0.25, 0.3) is 0 Å². The van der Waals surface area contributed by atoms with Crippen molar-refractivity contribution in [3.8, 4) is 0 Å². The van der Waals surface area contributed by atoms with E-state index in [2.05, 4.69) is 0 Å². The van der Waals surface area contributed by atoms with Crippen LogP contribution in [0.5, 0.6) is 0 Å². The number of thioether (sulfide) groups is 1. The second-order valence-electron chi connectivity index (χ2n) is 4.07. The first kappa shape index (κ1) is 14.3. The lowest BCUT2D eigenvalue weighted by atomic mass is 10.1. The Balaban J connectivity index is 2.00. The van der Waals surface area contributed by atoms with E-state index < -0.39 is 17.7 Å². The van der Waals surface area contributed by atoms with Gasteiger partial charge in [0.1, 0.15) is 11.6 Å². The van der Waals surface area contributed by atoms with Crippen LogP contribution in [0.4, 0.5) is 8.78 Å². The third-order valence-electron chi connectivity index (χ3n) is 2.56. The Bertz CT molecular complexity index is 540. The van der Waals surface area contributed by atoms with Crippen molar-refractivity contribution in [2.24, 2.45) is 5.73 Å². The fourth-order valence-corrected chi connectivity index (χ4v) is 2.62. The minimum atomic E-state index is -0.609. The van der Waals surface area contributed by atoms with Crippen molar-refractivity contribution >= 4 is 23.4 Å². The molecule has 2 N–H and O–H groups in total. The summed E-state index contributed by atoms with van der Waals surface area (Å²) in [5.74, 6) is -0.686. The number of hydrogen-bond acceptors (Lipinski definition) is 2. The third-order valence-corrected chi connectivity index (χ3v) is 3.94. The average molecular weight is 300 g/mol. The number of hydrogen-bond donors (Lipinski definition) is 1. The van der Waals surface area contributed by atoms with Crippen LogP contribution < -0.4 is 5.73 Å². The predicted octanol–water partition coefficient (Wildman–Crippen LogP) is 4.41. The molecule has 0 amide bonds. The van der Waals surface area contributed by atoms with Gasteiger partial charge in [0.2, 0.25) is 0 Å². The Morgan fingerprint density at radius 3 is 2.21 bits per heavy atom. The summed E-state index contributed by atoms with van der Waals surface area (Å²) < 4.78 is 26.2. The van der Waals surface area contributed by atoms with Gasteiger partial charge in [0, 0.05) is 27.8 Å². The summed E-state index contributed by atoms with van der Waals surface area (Å²) in [5.41, 5.74) is 6.39. The highest BCUT2D eigenvalue weighted by Gasteiger charge is 2.10. The van der Waals surface area contributed by atoms with Crippen LogP contribution in [-0.2, 0) is 0 Å². The zero-order chi connectivity index (χ0) is 13.8. The molecule has 0 saturated heterocycles. The van der Waals surface area contributed by atoms with Gasteiger partial charge in [-0.25, -0.2) is 8.78 Å². The Morgan fingerprint density at radius 2 is 1.63 bits per heavy atom. The molecule has 5 heteroatoms. The maximum Gasteiger partial charge on any atom is 0.126 e. The number of nitrogens with two attached hydrogens (primary N) is 1. The molecule has 0 saturated carbocycles. The van der Waals surface area contributed by atoms with Crippen molar-refractivity contribution in [1.29, 1.82) is 0 Å². The van der Waals surface area contributed by atoms with Gasteiger partial charge in [0.05, 0.1) is 0 Å². The Hall–Kier alpha value is -1.10. The van der Waals surface area contributed by atoms with Gasteiger partial charge < -0.3 is 5.73 Å². The van der Waals surface area contributed by atoms with Gasteiger partial charge in [-0.3, -0.25) is 0 Å². The Kier molecular flexibility index (Phi) is 4.80. The topological polar surface area (TPSA) is 26.0 Å². The van der Waals surface area contributed by atoms with Gasteiger partial charge in [-0.1, -0.05) is 11.6 Å². The molecule has 0 heterocycles. The van der Waals surface area contributed by atoms with Crippen LogP contribution in [0.3, 0.4) is 0 Å². The first-order valence-electron chi connectivity index (χ1n) is 5.64. The largest absolute Gasteiger partial charge is 0.323 e. The summed E-state index contributed by atoms with van der Waals surface area (Å²) >= 11 is 7.30. The van der Waals surface area contributed by atoms with E-state index in [9.17, 15) is 8.78 Å². The molecule has 1 nitrogen and oxygen atoms in total.